The third-order valence-corrected chi connectivity index (χ3v) is 5.20. The van der Waals surface area contributed by atoms with Crippen molar-refractivity contribution in [2.45, 2.75) is 6.54 Å². The summed E-state index contributed by atoms with van der Waals surface area (Å²) in [5, 5.41) is 9.87. The molecular weight excluding hydrogens is 418 g/mol. The van der Waals surface area contributed by atoms with E-state index in [0.717, 1.165) is 11.3 Å². The maximum Gasteiger partial charge on any atom is 0.324 e. The second-order valence-electron chi connectivity index (χ2n) is 7.50. The summed E-state index contributed by atoms with van der Waals surface area (Å²) in [6, 6.07) is 25.9. The van der Waals surface area contributed by atoms with E-state index < -0.39 is 6.03 Å². The molecular formula is C25H21N5O3. The molecule has 1 aliphatic rings. The number of fused-ring (bicyclic) bond motifs is 1. The minimum absolute atomic E-state index is 0.0492. The van der Waals surface area contributed by atoms with Crippen LogP contribution in [-0.4, -0.2) is 28.3 Å². The Labute approximate surface area is 190 Å². The second-order valence-corrected chi connectivity index (χ2v) is 7.50. The molecule has 0 fully saturated rings. The standard InChI is InChI=1S/C25H21N5O3/c31-24-17-33-22-15-19(11-12-21(22)29(24)16-18-7-3-1-4-8-18)26-25(32)27-23-13-14-30(28-23)20-9-5-2-6-10-20/h1-15H,16-17H2,(H2,26,27,28,32). The Bertz CT molecular complexity index is 1290. The zero-order valence-corrected chi connectivity index (χ0v) is 17.6. The number of nitrogens with zero attached hydrogens (tertiary/aromatic N) is 3. The molecule has 8 heteroatoms. The maximum atomic E-state index is 12.5. The van der Waals surface area contributed by atoms with Gasteiger partial charge in [-0.25, -0.2) is 9.48 Å². The fourth-order valence-electron chi connectivity index (χ4n) is 3.62. The predicted molar refractivity (Wildman–Crippen MR) is 126 cm³/mol. The molecule has 0 radical (unpaired) electrons. The predicted octanol–water partition coefficient (Wildman–Crippen LogP) is 4.44. The summed E-state index contributed by atoms with van der Waals surface area (Å²) in [5.41, 5.74) is 3.13. The molecule has 164 valence electrons. The van der Waals surface area contributed by atoms with Gasteiger partial charge in [0.05, 0.1) is 17.9 Å². The average Bonchev–Trinajstić information content (AvgIpc) is 3.30. The Morgan fingerprint density at radius 3 is 2.48 bits per heavy atom. The molecule has 1 aromatic heterocycles. The molecule has 0 saturated carbocycles. The Balaban J connectivity index is 1.27. The van der Waals surface area contributed by atoms with Gasteiger partial charge in [-0.3, -0.25) is 10.1 Å². The van der Waals surface area contributed by atoms with Crippen molar-refractivity contribution in [2.24, 2.45) is 0 Å². The van der Waals surface area contributed by atoms with Gasteiger partial charge in [0.15, 0.2) is 12.4 Å². The van der Waals surface area contributed by atoms with Gasteiger partial charge in [-0.1, -0.05) is 48.5 Å². The van der Waals surface area contributed by atoms with Crippen molar-refractivity contribution in [1.82, 2.24) is 9.78 Å². The molecule has 0 aliphatic carbocycles. The molecule has 8 nitrogen and oxygen atoms in total. The summed E-state index contributed by atoms with van der Waals surface area (Å²) < 4.78 is 7.30. The Morgan fingerprint density at radius 2 is 1.70 bits per heavy atom. The molecule has 1 aliphatic heterocycles. The fraction of sp³-hybridized carbons (Fsp3) is 0.0800. The number of hydrogen-bond donors (Lipinski definition) is 2. The van der Waals surface area contributed by atoms with Crippen LogP contribution in [0.4, 0.5) is 22.0 Å². The zero-order chi connectivity index (χ0) is 22.6. The van der Waals surface area contributed by atoms with Crippen LogP contribution < -0.4 is 20.3 Å². The molecule has 4 aromatic rings. The lowest BCUT2D eigenvalue weighted by molar-refractivity contribution is -0.121. The molecule has 3 aromatic carbocycles. The highest BCUT2D eigenvalue weighted by Crippen LogP contribution is 2.35. The van der Waals surface area contributed by atoms with Crippen molar-refractivity contribution in [3.63, 3.8) is 0 Å². The summed E-state index contributed by atoms with van der Waals surface area (Å²) in [7, 11) is 0. The van der Waals surface area contributed by atoms with Crippen molar-refractivity contribution >= 4 is 29.1 Å². The number of benzene rings is 3. The highest BCUT2D eigenvalue weighted by Gasteiger charge is 2.26. The number of rotatable bonds is 5. The largest absolute Gasteiger partial charge is 0.481 e. The van der Waals surface area contributed by atoms with E-state index >= 15 is 0 Å². The number of nitrogens with one attached hydrogen (secondary N) is 2. The van der Waals surface area contributed by atoms with E-state index in [1.807, 2.05) is 60.7 Å². The van der Waals surface area contributed by atoms with Crippen LogP contribution in [0.1, 0.15) is 5.56 Å². The molecule has 2 N–H and O–H groups in total. The van der Waals surface area contributed by atoms with E-state index in [1.165, 1.54) is 0 Å². The number of hydrogen-bond acceptors (Lipinski definition) is 4. The first-order valence-corrected chi connectivity index (χ1v) is 10.5. The molecule has 0 atom stereocenters. The fourth-order valence-corrected chi connectivity index (χ4v) is 3.62. The number of aromatic nitrogens is 2. The summed E-state index contributed by atoms with van der Waals surface area (Å²) in [4.78, 5) is 26.6. The van der Waals surface area contributed by atoms with Crippen molar-refractivity contribution < 1.29 is 14.3 Å². The summed E-state index contributed by atoms with van der Waals surface area (Å²) in [6.45, 7) is 0.403. The molecule has 0 bridgehead atoms. The first-order chi connectivity index (χ1) is 16.2. The van der Waals surface area contributed by atoms with Gasteiger partial charge in [0, 0.05) is 24.0 Å². The van der Waals surface area contributed by atoms with Crippen LogP contribution in [0.5, 0.6) is 5.75 Å². The van der Waals surface area contributed by atoms with Crippen molar-refractivity contribution in [2.75, 3.05) is 22.1 Å². The van der Waals surface area contributed by atoms with E-state index in [9.17, 15) is 9.59 Å². The lowest BCUT2D eigenvalue weighted by Crippen LogP contribution is -2.38. The number of urea groups is 1. The van der Waals surface area contributed by atoms with E-state index in [4.69, 9.17) is 4.74 Å². The van der Waals surface area contributed by atoms with Gasteiger partial charge in [-0.05, 0) is 29.8 Å². The second kappa shape index (κ2) is 8.88. The van der Waals surface area contributed by atoms with Crippen LogP contribution >= 0.6 is 0 Å². The van der Waals surface area contributed by atoms with Crippen LogP contribution in [-0.2, 0) is 11.3 Å². The lowest BCUT2D eigenvalue weighted by Gasteiger charge is -2.29. The number of carbonyl (C=O) groups is 2. The van der Waals surface area contributed by atoms with Gasteiger partial charge >= 0.3 is 6.03 Å². The lowest BCUT2D eigenvalue weighted by atomic mass is 10.1. The molecule has 5 rings (SSSR count). The zero-order valence-electron chi connectivity index (χ0n) is 17.6. The molecule has 33 heavy (non-hydrogen) atoms. The van der Waals surface area contributed by atoms with Crippen molar-refractivity contribution in [1.29, 1.82) is 0 Å². The SMILES string of the molecule is O=C(Nc1ccc2c(c1)OCC(=O)N2Cc1ccccc1)Nc1ccn(-c2ccccc2)n1. The van der Waals surface area contributed by atoms with Crippen molar-refractivity contribution in [3.8, 4) is 11.4 Å². The van der Waals surface area contributed by atoms with Crippen molar-refractivity contribution in [3.05, 3.63) is 96.7 Å². The normalized spacial score (nSPS) is 12.6. The van der Waals surface area contributed by atoms with Gasteiger partial charge in [-0.2, -0.15) is 0 Å². The molecule has 2 heterocycles. The van der Waals surface area contributed by atoms with Gasteiger partial charge in [0.25, 0.3) is 5.91 Å². The number of ether oxygens (including phenoxy) is 1. The van der Waals surface area contributed by atoms with Crippen LogP contribution in [0.3, 0.4) is 0 Å². The number of para-hydroxylation sites is 1. The molecule has 0 unspecified atom stereocenters. The van der Waals surface area contributed by atoms with Gasteiger partial charge in [-0.15, -0.1) is 5.10 Å². The highest BCUT2D eigenvalue weighted by atomic mass is 16.5. The third-order valence-electron chi connectivity index (χ3n) is 5.20. The van der Waals surface area contributed by atoms with Crippen LogP contribution in [0.15, 0.2) is 91.1 Å². The van der Waals surface area contributed by atoms with E-state index in [-0.39, 0.29) is 12.5 Å². The highest BCUT2D eigenvalue weighted by molar-refractivity contribution is 6.01. The summed E-state index contributed by atoms with van der Waals surface area (Å²) in [5.74, 6) is 0.848. The van der Waals surface area contributed by atoms with E-state index in [0.29, 0.717) is 29.5 Å². The first-order valence-electron chi connectivity index (χ1n) is 10.5. The van der Waals surface area contributed by atoms with Gasteiger partial charge < -0.3 is 15.0 Å². The summed E-state index contributed by atoms with van der Waals surface area (Å²) >= 11 is 0. The van der Waals surface area contributed by atoms with Gasteiger partial charge in [0.1, 0.15) is 5.75 Å². The minimum Gasteiger partial charge on any atom is -0.481 e. The van der Waals surface area contributed by atoms with Gasteiger partial charge in [0.2, 0.25) is 0 Å². The third kappa shape index (κ3) is 4.54. The number of amides is 3. The first kappa shape index (κ1) is 20.3. The molecule has 3 amide bonds. The molecule has 0 saturated heterocycles. The van der Waals surface area contributed by atoms with E-state index in [1.54, 1.807) is 40.0 Å². The molecule has 0 spiro atoms. The monoisotopic (exact) mass is 439 g/mol. The van der Waals surface area contributed by atoms with E-state index in [2.05, 4.69) is 15.7 Å². The quantitative estimate of drug-likeness (QED) is 0.481. The Kier molecular flexibility index (Phi) is 5.47. The smallest absolute Gasteiger partial charge is 0.324 e. The minimum atomic E-state index is -0.429. The Hall–Kier alpha value is -4.59. The maximum absolute atomic E-state index is 12.5. The number of carbonyl (C=O) groups excluding carboxylic acids is 2. The topological polar surface area (TPSA) is 88.5 Å². The average molecular weight is 439 g/mol. The van der Waals surface area contributed by atoms with Crippen LogP contribution in [0, 0.1) is 0 Å². The summed E-state index contributed by atoms with van der Waals surface area (Å²) in [6.07, 6.45) is 1.77. The van der Waals surface area contributed by atoms with Crippen LogP contribution in [0.2, 0.25) is 0 Å². The number of anilines is 3. The van der Waals surface area contributed by atoms with Crippen LogP contribution in [0.25, 0.3) is 5.69 Å². The Morgan fingerprint density at radius 1 is 0.939 bits per heavy atom.